The largest absolute Gasteiger partial charge is 0.391 e. The zero-order chi connectivity index (χ0) is 27.4. The van der Waals surface area contributed by atoms with Gasteiger partial charge < -0.3 is 25.4 Å². The van der Waals surface area contributed by atoms with Gasteiger partial charge >= 0.3 is 0 Å². The third kappa shape index (κ3) is 6.21. The highest BCUT2D eigenvalue weighted by Crippen LogP contribution is 2.32. The highest BCUT2D eigenvalue weighted by molar-refractivity contribution is 6.33. The number of nitrogens with one attached hydrogen (secondary N) is 2. The second kappa shape index (κ2) is 12.1. The summed E-state index contributed by atoms with van der Waals surface area (Å²) in [5, 5.41) is 17.2. The standard InChI is InChI=1S/C29H32ClN5O4/c1-2-24(36)27(18-6-4-3-5-7-18)33-25(37)17-35-16-20-9-8-19(14-22(20)28(35)38)26-23(30)15-31-29(34-26)32-21-10-12-39-13-11-21/h3-9,14-15,21,24,27,36H,2,10-13,16-17H2,1H3,(H,33,37)(H,31,32,34)/t24-,27?/m0/s1. The summed E-state index contributed by atoms with van der Waals surface area (Å²) in [6.45, 7) is 3.47. The van der Waals surface area contributed by atoms with E-state index in [1.807, 2.05) is 49.4 Å². The van der Waals surface area contributed by atoms with Crippen LogP contribution in [0.4, 0.5) is 5.95 Å². The number of rotatable bonds is 9. The summed E-state index contributed by atoms with van der Waals surface area (Å²) in [6, 6.07) is 14.5. The van der Waals surface area contributed by atoms with E-state index < -0.39 is 12.1 Å². The first-order valence-electron chi connectivity index (χ1n) is 13.2. The topological polar surface area (TPSA) is 117 Å². The Morgan fingerprint density at radius 3 is 2.72 bits per heavy atom. The van der Waals surface area contributed by atoms with Crippen molar-refractivity contribution in [2.45, 2.75) is 50.9 Å². The van der Waals surface area contributed by atoms with Crippen molar-refractivity contribution in [1.82, 2.24) is 20.2 Å². The van der Waals surface area contributed by atoms with Crippen molar-refractivity contribution in [2.75, 3.05) is 25.1 Å². The van der Waals surface area contributed by atoms with Crippen molar-refractivity contribution in [3.05, 3.63) is 76.4 Å². The van der Waals surface area contributed by atoms with Gasteiger partial charge in [0.1, 0.15) is 6.54 Å². The molecule has 0 spiro atoms. The molecule has 5 rings (SSSR count). The van der Waals surface area contributed by atoms with Crippen molar-refractivity contribution in [3.63, 3.8) is 0 Å². The number of ether oxygens (including phenoxy) is 1. The summed E-state index contributed by atoms with van der Waals surface area (Å²) < 4.78 is 5.42. The first-order chi connectivity index (χ1) is 18.9. The fourth-order valence-electron chi connectivity index (χ4n) is 4.99. The van der Waals surface area contributed by atoms with Gasteiger partial charge in [-0.25, -0.2) is 9.97 Å². The van der Waals surface area contributed by atoms with Crippen LogP contribution in [-0.2, 0) is 16.1 Å². The number of anilines is 1. The van der Waals surface area contributed by atoms with Crippen LogP contribution in [0.1, 0.15) is 53.7 Å². The average Bonchev–Trinajstić information content (AvgIpc) is 3.27. The van der Waals surface area contributed by atoms with Crippen molar-refractivity contribution >= 4 is 29.4 Å². The van der Waals surface area contributed by atoms with Crippen molar-refractivity contribution < 1.29 is 19.4 Å². The minimum Gasteiger partial charge on any atom is -0.391 e. The van der Waals surface area contributed by atoms with Gasteiger partial charge in [0.15, 0.2) is 0 Å². The Morgan fingerprint density at radius 2 is 1.97 bits per heavy atom. The molecule has 2 aliphatic rings. The van der Waals surface area contributed by atoms with Gasteiger partial charge in [-0.3, -0.25) is 9.59 Å². The molecule has 2 amide bonds. The minimum absolute atomic E-state index is 0.115. The van der Waals surface area contributed by atoms with E-state index in [2.05, 4.69) is 20.6 Å². The Bertz CT molecular complexity index is 1330. The van der Waals surface area contributed by atoms with Crippen LogP contribution in [0.3, 0.4) is 0 Å². The van der Waals surface area contributed by atoms with Crippen molar-refractivity contribution in [1.29, 1.82) is 0 Å². The lowest BCUT2D eigenvalue weighted by atomic mass is 9.99. The lowest BCUT2D eigenvalue weighted by Gasteiger charge is -2.25. The van der Waals surface area contributed by atoms with Crippen LogP contribution >= 0.6 is 11.6 Å². The number of nitrogens with zero attached hydrogens (tertiary/aromatic N) is 3. The quantitative estimate of drug-likeness (QED) is 0.370. The highest BCUT2D eigenvalue weighted by atomic mass is 35.5. The number of carbonyl (C=O) groups is 2. The molecule has 9 nitrogen and oxygen atoms in total. The first kappa shape index (κ1) is 27.1. The van der Waals surface area contributed by atoms with Crippen LogP contribution in [0.25, 0.3) is 11.3 Å². The zero-order valence-electron chi connectivity index (χ0n) is 21.8. The molecule has 3 N–H and O–H groups in total. The van der Waals surface area contributed by atoms with E-state index >= 15 is 0 Å². The maximum Gasteiger partial charge on any atom is 0.254 e. The van der Waals surface area contributed by atoms with Crippen LogP contribution in [-0.4, -0.2) is 63.7 Å². The molecular formula is C29H32ClN5O4. The predicted molar refractivity (Wildman–Crippen MR) is 148 cm³/mol. The Balaban J connectivity index is 1.28. The van der Waals surface area contributed by atoms with Gasteiger partial charge in [0.25, 0.3) is 5.91 Å². The van der Waals surface area contributed by atoms with Crippen molar-refractivity contribution in [3.8, 4) is 11.3 Å². The number of fused-ring (bicyclic) bond motifs is 1. The predicted octanol–water partition coefficient (Wildman–Crippen LogP) is 3.97. The molecule has 1 saturated heterocycles. The molecule has 39 heavy (non-hydrogen) atoms. The SMILES string of the molecule is CC[C@H](O)C(NC(=O)CN1Cc2ccc(-c3nc(NC4CCOCC4)ncc3Cl)cc2C1=O)c1ccccc1. The summed E-state index contributed by atoms with van der Waals surface area (Å²) in [5.41, 5.74) is 3.39. The van der Waals surface area contributed by atoms with E-state index in [9.17, 15) is 14.7 Å². The highest BCUT2D eigenvalue weighted by Gasteiger charge is 2.31. The summed E-state index contributed by atoms with van der Waals surface area (Å²) in [5.74, 6) is -0.0888. The Labute approximate surface area is 232 Å². The third-order valence-electron chi connectivity index (χ3n) is 7.17. The zero-order valence-corrected chi connectivity index (χ0v) is 22.5. The molecule has 1 aromatic heterocycles. The molecule has 1 fully saturated rings. The normalized spacial score (nSPS) is 17.0. The molecule has 2 aliphatic heterocycles. The number of amides is 2. The summed E-state index contributed by atoms with van der Waals surface area (Å²) >= 11 is 6.45. The van der Waals surface area contributed by atoms with Gasteiger partial charge in [-0.15, -0.1) is 0 Å². The second-order valence-electron chi connectivity index (χ2n) is 9.89. The smallest absolute Gasteiger partial charge is 0.254 e. The van der Waals surface area contributed by atoms with Crippen molar-refractivity contribution in [2.24, 2.45) is 0 Å². The number of hydrogen-bond acceptors (Lipinski definition) is 7. The maximum atomic E-state index is 13.3. The number of aliphatic hydroxyl groups excluding tert-OH is 1. The Hall–Kier alpha value is -3.53. The molecule has 0 saturated carbocycles. The van der Waals surface area contributed by atoms with Crippen LogP contribution in [0.15, 0.2) is 54.7 Å². The number of benzene rings is 2. The summed E-state index contributed by atoms with van der Waals surface area (Å²) in [4.78, 5) is 36.7. The first-order valence-corrected chi connectivity index (χ1v) is 13.6. The van der Waals surface area contributed by atoms with Gasteiger partial charge in [0, 0.05) is 36.9 Å². The molecule has 3 heterocycles. The van der Waals surface area contributed by atoms with E-state index in [-0.39, 0.29) is 24.4 Å². The summed E-state index contributed by atoms with van der Waals surface area (Å²) in [6.07, 6.45) is 3.05. The molecule has 3 aromatic rings. The lowest BCUT2D eigenvalue weighted by molar-refractivity contribution is -0.123. The molecule has 2 aromatic carbocycles. The molecule has 2 atom stereocenters. The Morgan fingerprint density at radius 1 is 1.21 bits per heavy atom. The number of aromatic nitrogens is 2. The number of carbonyl (C=O) groups excluding carboxylic acids is 2. The average molecular weight is 550 g/mol. The van der Waals surface area contributed by atoms with E-state index in [0.29, 0.717) is 54.0 Å². The third-order valence-corrected chi connectivity index (χ3v) is 7.45. The summed E-state index contributed by atoms with van der Waals surface area (Å²) in [7, 11) is 0. The Kier molecular flexibility index (Phi) is 8.40. The van der Waals surface area contributed by atoms with Gasteiger partial charge in [-0.1, -0.05) is 61.0 Å². The second-order valence-corrected chi connectivity index (χ2v) is 10.3. The molecular weight excluding hydrogens is 518 g/mol. The maximum absolute atomic E-state index is 13.3. The number of hydrogen-bond donors (Lipinski definition) is 3. The monoisotopic (exact) mass is 549 g/mol. The molecule has 0 radical (unpaired) electrons. The van der Waals surface area contributed by atoms with E-state index in [1.54, 1.807) is 12.3 Å². The van der Waals surface area contributed by atoms with Crippen LogP contribution in [0, 0.1) is 0 Å². The van der Waals surface area contributed by atoms with Gasteiger partial charge in [0.05, 0.1) is 29.1 Å². The fourth-order valence-corrected chi connectivity index (χ4v) is 5.19. The van der Waals surface area contributed by atoms with E-state index in [0.717, 1.165) is 24.0 Å². The van der Waals surface area contributed by atoms with E-state index in [4.69, 9.17) is 16.3 Å². The minimum atomic E-state index is -0.742. The molecule has 10 heteroatoms. The number of halogens is 1. The molecule has 0 aliphatic carbocycles. The number of aliphatic hydroxyl groups is 1. The van der Waals surface area contributed by atoms with Crippen LogP contribution in [0.5, 0.6) is 0 Å². The molecule has 0 bridgehead atoms. The van der Waals surface area contributed by atoms with Gasteiger partial charge in [-0.2, -0.15) is 0 Å². The molecule has 1 unspecified atom stereocenters. The lowest BCUT2D eigenvalue weighted by Crippen LogP contribution is -2.42. The van der Waals surface area contributed by atoms with Gasteiger partial charge in [-0.05, 0) is 36.5 Å². The van der Waals surface area contributed by atoms with Gasteiger partial charge in [0.2, 0.25) is 11.9 Å². The van der Waals surface area contributed by atoms with Crippen LogP contribution < -0.4 is 10.6 Å². The fraction of sp³-hybridized carbons (Fsp3) is 0.379. The van der Waals surface area contributed by atoms with E-state index in [1.165, 1.54) is 4.90 Å². The molecule has 204 valence electrons. The van der Waals surface area contributed by atoms with Crippen LogP contribution in [0.2, 0.25) is 5.02 Å².